The van der Waals surface area contributed by atoms with E-state index in [0.29, 0.717) is 5.75 Å². The van der Waals surface area contributed by atoms with E-state index in [9.17, 15) is 9.50 Å². The maximum atomic E-state index is 12.3. The summed E-state index contributed by atoms with van der Waals surface area (Å²) < 4.78 is 18.8. The average molecular weight is 331 g/mol. The second-order valence-electron chi connectivity index (χ2n) is 5.26. The predicted molar refractivity (Wildman–Crippen MR) is 94.3 cm³/mol. The van der Waals surface area contributed by atoms with Crippen molar-refractivity contribution in [3.05, 3.63) is 48.5 Å². The number of aliphatic hydroxyl groups is 1. The van der Waals surface area contributed by atoms with Gasteiger partial charge >= 0.3 is 0 Å². The standard InChI is InChI=1S/C18H18FNO2S/c1-20-14-5-2-12(3-6-14)17-8-13-4-7-16(9-18(13)23-17)22-11-15(21)10-19/h2-9,15,20-21H,10-11H2,1H3/i19+0. The lowest BCUT2D eigenvalue weighted by Crippen LogP contribution is -2.19. The number of ether oxygens (including phenoxy) is 1. The first-order valence-electron chi connectivity index (χ1n) is 7.38. The van der Waals surface area contributed by atoms with Crippen molar-refractivity contribution in [3.63, 3.8) is 0 Å². The number of anilines is 1. The smallest absolute Gasteiger partial charge is 0.120 e. The maximum absolute atomic E-state index is 12.3. The van der Waals surface area contributed by atoms with Gasteiger partial charge in [-0.1, -0.05) is 12.1 Å². The van der Waals surface area contributed by atoms with Crippen LogP contribution in [-0.2, 0) is 0 Å². The van der Waals surface area contributed by atoms with Gasteiger partial charge in [0.1, 0.15) is 25.1 Å². The number of thiophene rings is 1. The van der Waals surface area contributed by atoms with Crippen molar-refractivity contribution in [2.45, 2.75) is 6.10 Å². The van der Waals surface area contributed by atoms with Gasteiger partial charge in [-0.15, -0.1) is 11.3 Å². The minimum atomic E-state index is -1.07. The molecule has 2 N–H and O–H groups in total. The summed E-state index contributed by atoms with van der Waals surface area (Å²) in [7, 11) is 1.90. The van der Waals surface area contributed by atoms with Crippen molar-refractivity contribution < 1.29 is 14.2 Å². The lowest BCUT2D eigenvalue weighted by Gasteiger charge is -2.08. The van der Waals surface area contributed by atoms with Crippen LogP contribution in [0, 0.1) is 0 Å². The molecule has 120 valence electrons. The van der Waals surface area contributed by atoms with Crippen LogP contribution in [0.4, 0.5) is 10.1 Å². The van der Waals surface area contributed by atoms with E-state index in [1.54, 1.807) is 11.3 Å². The minimum absolute atomic E-state index is 0.0360. The van der Waals surface area contributed by atoms with Gasteiger partial charge in [0, 0.05) is 22.3 Å². The summed E-state index contributed by atoms with van der Waals surface area (Å²) in [4.78, 5) is 1.18. The Hall–Kier alpha value is -2.11. The Labute approximate surface area is 138 Å². The molecule has 1 heterocycles. The van der Waals surface area contributed by atoms with E-state index < -0.39 is 12.8 Å². The molecule has 0 amide bonds. The average Bonchev–Trinajstić information content (AvgIpc) is 3.03. The molecule has 0 aliphatic heterocycles. The Kier molecular flexibility index (Phi) is 4.79. The molecule has 0 aliphatic rings. The van der Waals surface area contributed by atoms with Crippen LogP contribution >= 0.6 is 11.3 Å². The number of hydrogen-bond acceptors (Lipinski definition) is 4. The molecule has 1 atom stereocenters. The van der Waals surface area contributed by atoms with E-state index in [-0.39, 0.29) is 6.61 Å². The molecule has 3 rings (SSSR count). The van der Waals surface area contributed by atoms with Gasteiger partial charge in [-0.3, -0.25) is 0 Å². The highest BCUT2D eigenvalue weighted by molar-refractivity contribution is 7.22. The zero-order valence-corrected chi connectivity index (χ0v) is 13.6. The molecular formula is C18H18FNO2S. The van der Waals surface area contributed by atoms with Crippen LogP contribution in [0.3, 0.4) is 0 Å². The molecule has 0 fully saturated rings. The molecule has 0 radical (unpaired) electrons. The normalized spacial score (nSPS) is 12.3. The van der Waals surface area contributed by atoms with E-state index in [1.807, 2.05) is 37.4 Å². The van der Waals surface area contributed by atoms with Crippen molar-refractivity contribution in [1.82, 2.24) is 0 Å². The largest absolute Gasteiger partial charge is 0.491 e. The Balaban J connectivity index is 1.83. The van der Waals surface area contributed by atoms with E-state index in [2.05, 4.69) is 23.5 Å². The third-order valence-electron chi connectivity index (χ3n) is 3.57. The number of benzene rings is 2. The SMILES string of the molecule is CNc1ccc(-c2cc3ccc(OCC(O)C[19F])cc3s2)cc1. The molecule has 0 aliphatic carbocycles. The molecule has 0 saturated carbocycles. The van der Waals surface area contributed by atoms with Gasteiger partial charge in [-0.05, 0) is 47.3 Å². The second kappa shape index (κ2) is 6.98. The molecular weight excluding hydrogens is 313 g/mol. The molecule has 23 heavy (non-hydrogen) atoms. The Morgan fingerprint density at radius 2 is 1.96 bits per heavy atom. The summed E-state index contributed by atoms with van der Waals surface area (Å²) in [6, 6.07) is 16.2. The van der Waals surface area contributed by atoms with Crippen LogP contribution in [-0.4, -0.2) is 31.5 Å². The van der Waals surface area contributed by atoms with Crippen LogP contribution in [0.2, 0.25) is 0 Å². The fraction of sp³-hybridized carbons (Fsp3) is 0.222. The number of hydrogen-bond donors (Lipinski definition) is 2. The molecule has 1 unspecified atom stereocenters. The first-order chi connectivity index (χ1) is 11.2. The van der Waals surface area contributed by atoms with E-state index in [0.717, 1.165) is 15.8 Å². The molecule has 2 aromatic carbocycles. The highest BCUT2D eigenvalue weighted by atomic mass is 32.1. The molecule has 0 saturated heterocycles. The Morgan fingerprint density at radius 1 is 1.17 bits per heavy atom. The molecule has 3 nitrogen and oxygen atoms in total. The van der Waals surface area contributed by atoms with Crippen LogP contribution in [0.15, 0.2) is 48.5 Å². The van der Waals surface area contributed by atoms with Gasteiger partial charge in [0.25, 0.3) is 0 Å². The number of rotatable bonds is 6. The zero-order chi connectivity index (χ0) is 16.2. The Bertz CT molecular complexity index is 785. The van der Waals surface area contributed by atoms with Crippen molar-refractivity contribution in [1.29, 1.82) is 0 Å². The zero-order valence-electron chi connectivity index (χ0n) is 12.8. The molecule has 0 spiro atoms. The summed E-state index contributed by atoms with van der Waals surface area (Å²) in [5.41, 5.74) is 2.25. The first-order valence-corrected chi connectivity index (χ1v) is 8.20. The lowest BCUT2D eigenvalue weighted by molar-refractivity contribution is 0.0842. The van der Waals surface area contributed by atoms with Gasteiger partial charge < -0.3 is 15.2 Å². The number of aliphatic hydroxyl groups excluding tert-OH is 1. The number of nitrogens with one attached hydrogen (secondary N) is 1. The third-order valence-corrected chi connectivity index (χ3v) is 4.72. The van der Waals surface area contributed by atoms with E-state index in [1.165, 1.54) is 10.4 Å². The summed E-state index contributed by atoms with van der Waals surface area (Å²) in [6.07, 6.45) is -1.07. The molecule has 5 heteroatoms. The first kappa shape index (κ1) is 15.8. The maximum Gasteiger partial charge on any atom is 0.120 e. The lowest BCUT2D eigenvalue weighted by atomic mass is 10.1. The second-order valence-corrected chi connectivity index (χ2v) is 6.34. The van der Waals surface area contributed by atoms with Gasteiger partial charge in [0.15, 0.2) is 0 Å². The fourth-order valence-electron chi connectivity index (χ4n) is 2.28. The van der Waals surface area contributed by atoms with Crippen LogP contribution in [0.25, 0.3) is 20.5 Å². The minimum Gasteiger partial charge on any atom is -0.491 e. The Morgan fingerprint density at radius 3 is 2.65 bits per heavy atom. The summed E-state index contributed by atoms with van der Waals surface area (Å²) >= 11 is 1.68. The third kappa shape index (κ3) is 3.63. The number of halogens is 1. The fourth-order valence-corrected chi connectivity index (χ4v) is 3.38. The topological polar surface area (TPSA) is 41.5 Å². The van der Waals surface area contributed by atoms with E-state index >= 15 is 0 Å². The van der Waals surface area contributed by atoms with Gasteiger partial charge in [0.05, 0.1) is 0 Å². The molecule has 3 aromatic rings. The van der Waals surface area contributed by atoms with Gasteiger partial charge in [-0.2, -0.15) is 0 Å². The van der Waals surface area contributed by atoms with Crippen molar-refractivity contribution >= 4 is 27.1 Å². The van der Waals surface area contributed by atoms with Crippen LogP contribution in [0.1, 0.15) is 0 Å². The highest BCUT2D eigenvalue weighted by Crippen LogP contribution is 2.35. The summed E-state index contributed by atoms with van der Waals surface area (Å²) in [5, 5.41) is 13.5. The van der Waals surface area contributed by atoms with Crippen molar-refractivity contribution in [2.24, 2.45) is 0 Å². The monoisotopic (exact) mass is 331 g/mol. The predicted octanol–water partition coefficient (Wildman–Crippen LogP) is 4.32. The number of alkyl halides is 1. The number of fused-ring (bicyclic) bond motifs is 1. The van der Waals surface area contributed by atoms with E-state index in [4.69, 9.17) is 4.74 Å². The van der Waals surface area contributed by atoms with Gasteiger partial charge in [-0.25, -0.2) is 4.39 Å². The molecule has 0 bridgehead atoms. The quantitative estimate of drug-likeness (QED) is 0.707. The van der Waals surface area contributed by atoms with Crippen molar-refractivity contribution in [2.75, 3.05) is 25.6 Å². The van der Waals surface area contributed by atoms with Crippen molar-refractivity contribution in [3.8, 4) is 16.2 Å². The van der Waals surface area contributed by atoms with Crippen LogP contribution in [0.5, 0.6) is 5.75 Å². The molecule has 1 aromatic heterocycles. The van der Waals surface area contributed by atoms with Crippen LogP contribution < -0.4 is 10.1 Å². The summed E-state index contributed by atoms with van der Waals surface area (Å²) in [5.74, 6) is 0.643. The van der Waals surface area contributed by atoms with Gasteiger partial charge in [0.2, 0.25) is 0 Å². The highest BCUT2D eigenvalue weighted by Gasteiger charge is 2.08. The summed E-state index contributed by atoms with van der Waals surface area (Å²) in [6.45, 7) is -0.834.